The van der Waals surface area contributed by atoms with Gasteiger partial charge in [0.25, 0.3) is 0 Å². The van der Waals surface area contributed by atoms with E-state index in [1.807, 2.05) is 31.2 Å². The normalized spacial score (nSPS) is 16.1. The summed E-state index contributed by atoms with van der Waals surface area (Å²) in [4.78, 5) is 14.4. The first-order valence-electron chi connectivity index (χ1n) is 9.24. The van der Waals surface area contributed by atoms with Gasteiger partial charge in [-0.3, -0.25) is 9.48 Å². The molecule has 0 spiro atoms. The summed E-state index contributed by atoms with van der Waals surface area (Å²) in [7, 11) is -1.88. The maximum atomic E-state index is 13.0. The maximum absolute atomic E-state index is 13.0. The van der Waals surface area contributed by atoms with Crippen LogP contribution in [0.4, 0.5) is 0 Å². The van der Waals surface area contributed by atoms with Gasteiger partial charge in [0, 0.05) is 39.3 Å². The van der Waals surface area contributed by atoms with Gasteiger partial charge in [0.15, 0.2) is 0 Å². The molecule has 1 saturated heterocycles. The van der Waals surface area contributed by atoms with E-state index in [1.165, 1.54) is 9.87 Å². The highest BCUT2D eigenvalue weighted by Crippen LogP contribution is 2.24. The van der Waals surface area contributed by atoms with Crippen molar-refractivity contribution in [1.82, 2.24) is 19.0 Å². The van der Waals surface area contributed by atoms with Crippen LogP contribution >= 0.6 is 0 Å². The van der Waals surface area contributed by atoms with E-state index in [4.69, 9.17) is 0 Å². The second-order valence-corrected chi connectivity index (χ2v) is 8.97. The fraction of sp³-hybridized carbons (Fsp3) is 0.400. The molecule has 2 heterocycles. The maximum Gasteiger partial charge on any atom is 0.246 e. The van der Waals surface area contributed by atoms with Gasteiger partial charge in [-0.2, -0.15) is 9.40 Å². The quantitative estimate of drug-likeness (QED) is 0.732. The van der Waals surface area contributed by atoms with Crippen LogP contribution in [0.25, 0.3) is 6.08 Å². The minimum absolute atomic E-state index is 0.105. The molecule has 1 aromatic carbocycles. The number of aromatic nitrogens is 2. The molecule has 150 valence electrons. The van der Waals surface area contributed by atoms with Crippen molar-refractivity contribution in [1.29, 1.82) is 0 Å². The predicted octanol–water partition coefficient (Wildman–Crippen LogP) is 1.89. The van der Waals surface area contributed by atoms with Crippen LogP contribution in [0.2, 0.25) is 0 Å². The molecule has 0 aliphatic carbocycles. The van der Waals surface area contributed by atoms with Gasteiger partial charge in [-0.15, -0.1) is 0 Å². The first kappa shape index (κ1) is 20.3. The van der Waals surface area contributed by atoms with Crippen molar-refractivity contribution >= 4 is 22.0 Å². The number of aryl methyl sites for hydroxylation is 3. The molecule has 0 saturated carbocycles. The van der Waals surface area contributed by atoms with Crippen LogP contribution in [0.5, 0.6) is 0 Å². The molecule has 8 heteroatoms. The highest BCUT2D eigenvalue weighted by atomic mass is 32.2. The van der Waals surface area contributed by atoms with Crippen molar-refractivity contribution in [3.63, 3.8) is 0 Å². The molecule has 1 aliphatic heterocycles. The molecule has 1 amide bonds. The van der Waals surface area contributed by atoms with Gasteiger partial charge in [-0.1, -0.05) is 29.8 Å². The molecule has 7 nitrogen and oxygen atoms in total. The van der Waals surface area contributed by atoms with Crippen LogP contribution in [0, 0.1) is 20.8 Å². The molecule has 0 bridgehead atoms. The number of nitrogens with zero attached hydrogens (tertiary/aromatic N) is 4. The number of benzene rings is 1. The number of hydrogen-bond acceptors (Lipinski definition) is 4. The van der Waals surface area contributed by atoms with Crippen LogP contribution in [-0.2, 0) is 21.9 Å². The van der Waals surface area contributed by atoms with E-state index in [1.54, 1.807) is 42.6 Å². The zero-order valence-electron chi connectivity index (χ0n) is 16.7. The lowest BCUT2D eigenvalue weighted by Gasteiger charge is -2.33. The summed E-state index contributed by atoms with van der Waals surface area (Å²) in [5, 5.41) is 4.21. The second-order valence-electron chi connectivity index (χ2n) is 7.10. The van der Waals surface area contributed by atoms with Gasteiger partial charge in [-0.25, -0.2) is 8.42 Å². The first-order valence-corrected chi connectivity index (χ1v) is 10.7. The lowest BCUT2D eigenvalue weighted by molar-refractivity contribution is -0.127. The summed E-state index contributed by atoms with van der Waals surface area (Å²) in [6, 6.07) is 7.91. The second kappa shape index (κ2) is 7.89. The van der Waals surface area contributed by atoms with Gasteiger partial charge >= 0.3 is 0 Å². The fourth-order valence-electron chi connectivity index (χ4n) is 3.36. The molecule has 1 aliphatic rings. The number of piperazine rings is 1. The number of rotatable bonds is 4. The highest BCUT2D eigenvalue weighted by Gasteiger charge is 2.33. The molecule has 0 N–H and O–H groups in total. The highest BCUT2D eigenvalue weighted by molar-refractivity contribution is 7.89. The van der Waals surface area contributed by atoms with E-state index < -0.39 is 10.0 Å². The van der Waals surface area contributed by atoms with E-state index in [0.29, 0.717) is 24.5 Å². The molecular weight excluding hydrogens is 376 g/mol. The van der Waals surface area contributed by atoms with E-state index in [2.05, 4.69) is 5.10 Å². The van der Waals surface area contributed by atoms with Crippen molar-refractivity contribution in [3.8, 4) is 0 Å². The van der Waals surface area contributed by atoms with Gasteiger partial charge < -0.3 is 4.90 Å². The Kier molecular flexibility index (Phi) is 5.71. The van der Waals surface area contributed by atoms with Gasteiger partial charge in [0.1, 0.15) is 4.90 Å². The van der Waals surface area contributed by atoms with Gasteiger partial charge in [-0.05, 0) is 32.4 Å². The van der Waals surface area contributed by atoms with Gasteiger partial charge in [0.05, 0.1) is 11.4 Å². The lowest BCUT2D eigenvalue weighted by Crippen LogP contribution is -2.50. The third-order valence-electron chi connectivity index (χ3n) is 5.09. The van der Waals surface area contributed by atoms with Crippen molar-refractivity contribution in [3.05, 3.63) is 52.9 Å². The average molecular weight is 403 g/mol. The molecule has 28 heavy (non-hydrogen) atoms. The van der Waals surface area contributed by atoms with E-state index in [0.717, 1.165) is 5.56 Å². The summed E-state index contributed by atoms with van der Waals surface area (Å²) in [5.41, 5.74) is 3.25. The standard InChI is InChI=1S/C20H26N4O3S/c1-15-5-7-18(8-6-15)9-10-19(25)23-11-13-24(14-12-23)28(26,27)20-16(2)21-22(4)17(20)3/h5-10H,11-14H2,1-4H3. The summed E-state index contributed by atoms with van der Waals surface area (Å²) in [6.07, 6.45) is 3.33. The Labute approximate surface area is 166 Å². The van der Waals surface area contributed by atoms with E-state index in [-0.39, 0.29) is 23.9 Å². The van der Waals surface area contributed by atoms with Gasteiger partial charge in [0.2, 0.25) is 15.9 Å². The number of carbonyl (C=O) groups is 1. The summed E-state index contributed by atoms with van der Waals surface area (Å²) < 4.78 is 29.0. The Morgan fingerprint density at radius 3 is 2.18 bits per heavy atom. The molecule has 1 aromatic heterocycles. The van der Waals surface area contributed by atoms with Crippen molar-refractivity contribution in [2.24, 2.45) is 7.05 Å². The zero-order chi connectivity index (χ0) is 20.5. The molecule has 2 aromatic rings. The first-order chi connectivity index (χ1) is 13.2. The topological polar surface area (TPSA) is 75.5 Å². The largest absolute Gasteiger partial charge is 0.337 e. The molecular formula is C20H26N4O3S. The average Bonchev–Trinajstić information content (AvgIpc) is 2.93. The lowest BCUT2D eigenvalue weighted by atomic mass is 10.1. The Balaban J connectivity index is 1.65. The van der Waals surface area contributed by atoms with Crippen molar-refractivity contribution in [2.45, 2.75) is 25.7 Å². The van der Waals surface area contributed by atoms with Crippen molar-refractivity contribution in [2.75, 3.05) is 26.2 Å². The third-order valence-corrected chi connectivity index (χ3v) is 7.24. The minimum atomic E-state index is -3.62. The summed E-state index contributed by atoms with van der Waals surface area (Å²) in [5.74, 6) is -0.105. The van der Waals surface area contributed by atoms with E-state index >= 15 is 0 Å². The predicted molar refractivity (Wildman–Crippen MR) is 108 cm³/mol. The third kappa shape index (κ3) is 4.02. The fourth-order valence-corrected chi connectivity index (χ4v) is 5.18. The van der Waals surface area contributed by atoms with Crippen LogP contribution < -0.4 is 0 Å². The van der Waals surface area contributed by atoms with Crippen molar-refractivity contribution < 1.29 is 13.2 Å². The Morgan fingerprint density at radius 2 is 1.64 bits per heavy atom. The number of sulfonamides is 1. The number of carbonyl (C=O) groups excluding carboxylic acids is 1. The molecule has 1 fully saturated rings. The summed E-state index contributed by atoms with van der Waals surface area (Å²) >= 11 is 0. The van der Waals surface area contributed by atoms with Crippen LogP contribution in [0.3, 0.4) is 0 Å². The molecule has 3 rings (SSSR count). The van der Waals surface area contributed by atoms with E-state index in [9.17, 15) is 13.2 Å². The minimum Gasteiger partial charge on any atom is -0.337 e. The van der Waals surface area contributed by atoms with Crippen LogP contribution in [0.15, 0.2) is 35.2 Å². The molecule has 0 radical (unpaired) electrons. The van der Waals surface area contributed by atoms with Crippen LogP contribution in [-0.4, -0.2) is 59.5 Å². The van der Waals surface area contributed by atoms with Crippen LogP contribution in [0.1, 0.15) is 22.5 Å². The Bertz CT molecular complexity index is 999. The number of amides is 1. The monoisotopic (exact) mass is 402 g/mol. The molecule has 0 unspecified atom stereocenters. The summed E-state index contributed by atoms with van der Waals surface area (Å²) in [6.45, 7) is 6.77. The molecule has 0 atom stereocenters. The zero-order valence-corrected chi connectivity index (χ0v) is 17.5. The Hall–Kier alpha value is -2.45. The smallest absolute Gasteiger partial charge is 0.246 e. The SMILES string of the molecule is Cc1ccc(C=CC(=O)N2CCN(S(=O)(=O)c3c(C)nn(C)c3C)CC2)cc1. The number of hydrogen-bond donors (Lipinski definition) is 0. The Morgan fingerprint density at radius 1 is 1.04 bits per heavy atom.